The highest BCUT2D eigenvalue weighted by atomic mass is 16.5. The standard InChI is InChI=1S/C20H20N2O2/c1-23-19-7-6-16(14-20(19)24-17-4-2-3-5-17)18(8-11-21)15-9-12-22-13-10-15/h6-10,12-14,17H,2-5H2,1H3. The van der Waals surface area contributed by atoms with Gasteiger partial charge in [-0.25, -0.2) is 0 Å². The minimum atomic E-state index is 0.249. The summed E-state index contributed by atoms with van der Waals surface area (Å²) < 4.78 is 11.6. The number of hydrogen-bond acceptors (Lipinski definition) is 4. The molecule has 1 aromatic carbocycles. The molecule has 0 aliphatic heterocycles. The van der Waals surface area contributed by atoms with Gasteiger partial charge in [-0.1, -0.05) is 6.07 Å². The van der Waals surface area contributed by atoms with Crippen LogP contribution < -0.4 is 9.47 Å². The molecule has 0 N–H and O–H groups in total. The van der Waals surface area contributed by atoms with Crippen molar-refractivity contribution in [2.45, 2.75) is 31.8 Å². The Bertz CT molecular complexity index is 757. The topological polar surface area (TPSA) is 55.1 Å². The lowest BCUT2D eigenvalue weighted by molar-refractivity contribution is 0.201. The molecule has 1 aliphatic rings. The summed E-state index contributed by atoms with van der Waals surface area (Å²) in [5.74, 6) is 1.46. The number of benzene rings is 1. The average Bonchev–Trinajstić information content (AvgIpc) is 3.13. The largest absolute Gasteiger partial charge is 0.493 e. The van der Waals surface area contributed by atoms with Gasteiger partial charge in [0.15, 0.2) is 11.5 Å². The van der Waals surface area contributed by atoms with Crippen molar-refractivity contribution in [1.29, 1.82) is 5.26 Å². The van der Waals surface area contributed by atoms with Crippen LogP contribution in [-0.2, 0) is 0 Å². The number of nitrogens with zero attached hydrogens (tertiary/aromatic N) is 2. The third-order valence-corrected chi connectivity index (χ3v) is 4.27. The van der Waals surface area contributed by atoms with Crippen molar-refractivity contribution in [1.82, 2.24) is 4.98 Å². The molecule has 1 heterocycles. The van der Waals surface area contributed by atoms with Crippen molar-refractivity contribution in [2.24, 2.45) is 0 Å². The maximum absolute atomic E-state index is 9.16. The fraction of sp³-hybridized carbons (Fsp3) is 0.300. The van der Waals surface area contributed by atoms with Crippen LogP contribution in [-0.4, -0.2) is 18.2 Å². The fourth-order valence-corrected chi connectivity index (χ4v) is 3.05. The normalized spacial score (nSPS) is 15.1. The van der Waals surface area contributed by atoms with Crippen LogP contribution in [0.4, 0.5) is 0 Å². The van der Waals surface area contributed by atoms with E-state index in [-0.39, 0.29) is 6.10 Å². The lowest BCUT2D eigenvalue weighted by Crippen LogP contribution is -2.11. The van der Waals surface area contributed by atoms with Crippen LogP contribution in [0.3, 0.4) is 0 Å². The summed E-state index contributed by atoms with van der Waals surface area (Å²) in [6.45, 7) is 0. The van der Waals surface area contributed by atoms with E-state index in [1.165, 1.54) is 12.8 Å². The van der Waals surface area contributed by atoms with E-state index in [1.54, 1.807) is 25.6 Å². The fourth-order valence-electron chi connectivity index (χ4n) is 3.05. The summed E-state index contributed by atoms with van der Waals surface area (Å²) in [5.41, 5.74) is 2.72. The predicted octanol–water partition coefficient (Wildman–Crippen LogP) is 4.37. The van der Waals surface area contributed by atoms with E-state index in [0.29, 0.717) is 0 Å². The number of allylic oxidation sites excluding steroid dienone is 1. The van der Waals surface area contributed by atoms with E-state index in [0.717, 1.165) is 41.0 Å². The first-order chi connectivity index (χ1) is 11.8. The molecule has 24 heavy (non-hydrogen) atoms. The molecular weight excluding hydrogens is 300 g/mol. The van der Waals surface area contributed by atoms with Gasteiger partial charge in [0.1, 0.15) is 0 Å². The maximum Gasteiger partial charge on any atom is 0.162 e. The molecule has 0 amide bonds. The summed E-state index contributed by atoms with van der Waals surface area (Å²) in [7, 11) is 1.64. The smallest absolute Gasteiger partial charge is 0.162 e. The van der Waals surface area contributed by atoms with Crippen molar-refractivity contribution in [3.8, 4) is 17.6 Å². The Kier molecular flexibility index (Phi) is 5.12. The molecule has 0 bridgehead atoms. The Labute approximate surface area is 142 Å². The summed E-state index contributed by atoms with van der Waals surface area (Å²) in [6.07, 6.45) is 9.83. The highest BCUT2D eigenvalue weighted by Crippen LogP contribution is 2.35. The van der Waals surface area contributed by atoms with Gasteiger partial charge in [-0.15, -0.1) is 0 Å². The molecule has 0 radical (unpaired) electrons. The summed E-state index contributed by atoms with van der Waals surface area (Å²) in [4.78, 5) is 4.04. The Morgan fingerprint density at radius 3 is 2.54 bits per heavy atom. The van der Waals surface area contributed by atoms with Crippen LogP contribution >= 0.6 is 0 Å². The van der Waals surface area contributed by atoms with Gasteiger partial charge >= 0.3 is 0 Å². The van der Waals surface area contributed by atoms with Gasteiger partial charge in [0.25, 0.3) is 0 Å². The van der Waals surface area contributed by atoms with Crippen LogP contribution in [0.15, 0.2) is 48.8 Å². The first kappa shape index (κ1) is 16.1. The van der Waals surface area contributed by atoms with E-state index in [9.17, 15) is 0 Å². The summed E-state index contributed by atoms with van der Waals surface area (Å²) in [5, 5.41) is 9.16. The summed E-state index contributed by atoms with van der Waals surface area (Å²) in [6, 6.07) is 11.7. The Balaban J connectivity index is 1.97. The zero-order chi connectivity index (χ0) is 16.8. The molecule has 1 aliphatic carbocycles. The van der Waals surface area contributed by atoms with Gasteiger partial charge in [0, 0.05) is 18.5 Å². The molecule has 122 valence electrons. The van der Waals surface area contributed by atoms with Gasteiger partial charge in [-0.2, -0.15) is 5.26 Å². The number of pyridine rings is 1. The Hall–Kier alpha value is -2.80. The molecule has 4 nitrogen and oxygen atoms in total. The van der Waals surface area contributed by atoms with Gasteiger partial charge in [-0.3, -0.25) is 4.98 Å². The predicted molar refractivity (Wildman–Crippen MR) is 92.8 cm³/mol. The highest BCUT2D eigenvalue weighted by molar-refractivity contribution is 5.82. The third kappa shape index (κ3) is 3.57. The Morgan fingerprint density at radius 2 is 1.88 bits per heavy atom. The van der Waals surface area contributed by atoms with Crippen LogP contribution in [0.2, 0.25) is 0 Å². The van der Waals surface area contributed by atoms with Crippen molar-refractivity contribution in [2.75, 3.05) is 7.11 Å². The Morgan fingerprint density at radius 1 is 1.12 bits per heavy atom. The van der Waals surface area contributed by atoms with E-state index in [1.807, 2.05) is 30.3 Å². The van der Waals surface area contributed by atoms with Gasteiger partial charge in [-0.05, 0) is 66.6 Å². The van der Waals surface area contributed by atoms with E-state index in [4.69, 9.17) is 14.7 Å². The molecule has 0 atom stereocenters. The van der Waals surface area contributed by atoms with Gasteiger partial charge < -0.3 is 9.47 Å². The minimum absolute atomic E-state index is 0.249. The number of methoxy groups -OCH3 is 1. The lowest BCUT2D eigenvalue weighted by atomic mass is 9.98. The number of hydrogen-bond donors (Lipinski definition) is 0. The zero-order valence-electron chi connectivity index (χ0n) is 13.7. The van der Waals surface area contributed by atoms with Crippen molar-refractivity contribution >= 4 is 5.57 Å². The second-order valence-electron chi connectivity index (χ2n) is 5.81. The van der Waals surface area contributed by atoms with E-state index >= 15 is 0 Å². The molecule has 3 rings (SSSR count). The molecule has 2 aromatic rings. The molecule has 1 fully saturated rings. The lowest BCUT2D eigenvalue weighted by Gasteiger charge is -2.17. The molecule has 1 aromatic heterocycles. The molecule has 0 spiro atoms. The molecule has 4 heteroatoms. The SMILES string of the molecule is COc1ccc(C(=CC#N)c2ccncc2)cc1OC1CCCC1. The molecule has 0 unspecified atom stereocenters. The van der Waals surface area contributed by atoms with E-state index in [2.05, 4.69) is 11.1 Å². The monoisotopic (exact) mass is 320 g/mol. The van der Waals surface area contributed by atoms with Gasteiger partial charge in [0.2, 0.25) is 0 Å². The van der Waals surface area contributed by atoms with Crippen LogP contribution in [0.5, 0.6) is 11.5 Å². The van der Waals surface area contributed by atoms with Crippen LogP contribution in [0.25, 0.3) is 5.57 Å². The van der Waals surface area contributed by atoms with E-state index < -0.39 is 0 Å². The molecule has 0 saturated heterocycles. The summed E-state index contributed by atoms with van der Waals surface area (Å²) >= 11 is 0. The third-order valence-electron chi connectivity index (χ3n) is 4.27. The van der Waals surface area contributed by atoms with Crippen LogP contribution in [0.1, 0.15) is 36.8 Å². The highest BCUT2D eigenvalue weighted by Gasteiger charge is 2.19. The molecule has 1 saturated carbocycles. The second kappa shape index (κ2) is 7.65. The minimum Gasteiger partial charge on any atom is -0.493 e. The van der Waals surface area contributed by atoms with Crippen molar-refractivity contribution in [3.63, 3.8) is 0 Å². The van der Waals surface area contributed by atoms with Gasteiger partial charge in [0.05, 0.1) is 19.3 Å². The average molecular weight is 320 g/mol. The zero-order valence-corrected chi connectivity index (χ0v) is 13.7. The first-order valence-electron chi connectivity index (χ1n) is 8.17. The number of nitriles is 1. The second-order valence-corrected chi connectivity index (χ2v) is 5.81. The maximum atomic E-state index is 9.16. The van der Waals surface area contributed by atoms with Crippen LogP contribution in [0, 0.1) is 11.3 Å². The molecular formula is C20H20N2O2. The van der Waals surface area contributed by atoms with Crippen molar-refractivity contribution < 1.29 is 9.47 Å². The van der Waals surface area contributed by atoms with Crippen molar-refractivity contribution in [3.05, 3.63) is 59.9 Å². The number of ether oxygens (including phenoxy) is 2. The number of aromatic nitrogens is 1. The number of rotatable bonds is 5. The quantitative estimate of drug-likeness (QED) is 0.768. The first-order valence-corrected chi connectivity index (χ1v) is 8.17.